The van der Waals surface area contributed by atoms with Crippen molar-refractivity contribution in [2.75, 3.05) is 26.8 Å². The Hall–Kier alpha value is 1.03. The Labute approximate surface area is 137 Å². The number of hydrogen-bond acceptors (Lipinski definition) is 3. The van der Waals surface area contributed by atoms with Crippen LogP contribution in [0, 0.1) is 7.05 Å². The molecular formula is C10H25KN2O2. The summed E-state index contributed by atoms with van der Waals surface area (Å²) in [6.45, 7) is 8.36. The number of nitrogens with one attached hydrogen (secondary N) is 2. The second kappa shape index (κ2) is 36.3. The number of amides is 1. The molecule has 0 unspecified atom stereocenters. The number of carbonyl (C=O) groups excluding carboxylic acids is 1. The molecule has 0 aliphatic heterocycles. The molecule has 0 bridgehead atoms. The molecule has 0 aliphatic carbocycles. The van der Waals surface area contributed by atoms with Crippen molar-refractivity contribution in [3.63, 3.8) is 0 Å². The number of ether oxygens (including phenoxy) is 1. The van der Waals surface area contributed by atoms with Crippen LogP contribution in [0.15, 0.2) is 0 Å². The second-order valence-corrected chi connectivity index (χ2v) is 2.02. The summed E-state index contributed by atoms with van der Waals surface area (Å²) in [7, 11) is 5.15. The molecule has 0 aliphatic rings. The van der Waals surface area contributed by atoms with E-state index < -0.39 is 0 Å². The predicted octanol–water partition coefficient (Wildman–Crippen LogP) is -1.81. The molecule has 0 atom stereocenters. The zero-order valence-corrected chi connectivity index (χ0v) is 14.1. The van der Waals surface area contributed by atoms with E-state index in [1.165, 1.54) is 0 Å². The fourth-order valence-electron chi connectivity index (χ4n) is 0.425. The monoisotopic (exact) mass is 244 g/mol. The number of methoxy groups -OCH3 is 1. The van der Waals surface area contributed by atoms with E-state index in [4.69, 9.17) is 4.74 Å². The topological polar surface area (TPSA) is 50.4 Å². The number of carbonyl (C=O) groups is 1. The Morgan fingerprint density at radius 2 is 1.93 bits per heavy atom. The molecule has 0 heterocycles. The van der Waals surface area contributed by atoms with Gasteiger partial charge in [0.15, 0.2) is 0 Å². The maximum absolute atomic E-state index is 9.29. The summed E-state index contributed by atoms with van der Waals surface area (Å²) in [5.74, 6) is 0. The second-order valence-electron chi connectivity index (χ2n) is 2.02. The van der Waals surface area contributed by atoms with Crippen molar-refractivity contribution in [2.45, 2.75) is 27.2 Å². The Balaban J connectivity index is -0.0000000675. The van der Waals surface area contributed by atoms with Gasteiger partial charge in [0.1, 0.15) is 0 Å². The van der Waals surface area contributed by atoms with Gasteiger partial charge < -0.3 is 15.4 Å². The summed E-state index contributed by atoms with van der Waals surface area (Å²) >= 11 is 0. The van der Waals surface area contributed by atoms with Crippen molar-refractivity contribution >= 4 is 6.41 Å². The summed E-state index contributed by atoms with van der Waals surface area (Å²) in [6.07, 6.45) is 1.72. The summed E-state index contributed by atoms with van der Waals surface area (Å²) in [5.41, 5.74) is 0. The standard InChI is InChI=1S/C5H12NO.C3H7NO.C2H6.K/c1-6-4-3-5-7-2;1-2-4-3-5;1-2;/h6H,1,3-5H2,2H3;3H,2H2,1H3,(H,4,5);1-2H3;/q-1;;;+1. The van der Waals surface area contributed by atoms with Crippen LogP contribution in [0.5, 0.6) is 0 Å². The fraction of sp³-hybridized carbons (Fsp3) is 0.800. The van der Waals surface area contributed by atoms with Crippen LogP contribution in [0.1, 0.15) is 27.2 Å². The van der Waals surface area contributed by atoms with Gasteiger partial charge in [-0.05, 0) is 19.9 Å². The van der Waals surface area contributed by atoms with Crippen molar-refractivity contribution in [1.82, 2.24) is 10.6 Å². The van der Waals surface area contributed by atoms with Crippen molar-refractivity contribution < 1.29 is 60.9 Å². The molecule has 0 aromatic carbocycles. The average Bonchev–Trinajstić information content (AvgIpc) is 2.24. The molecule has 0 aromatic heterocycles. The van der Waals surface area contributed by atoms with Crippen molar-refractivity contribution in [1.29, 1.82) is 0 Å². The van der Waals surface area contributed by atoms with Crippen LogP contribution in [0.4, 0.5) is 0 Å². The largest absolute Gasteiger partial charge is 1.00 e. The molecule has 5 heteroatoms. The van der Waals surface area contributed by atoms with Gasteiger partial charge in [-0.25, -0.2) is 0 Å². The van der Waals surface area contributed by atoms with Gasteiger partial charge in [0.2, 0.25) is 6.41 Å². The number of hydrogen-bond donors (Lipinski definition) is 2. The molecule has 0 aromatic rings. The summed E-state index contributed by atoms with van der Waals surface area (Å²) in [5, 5.41) is 5.20. The normalized spacial score (nSPS) is 7.00. The summed E-state index contributed by atoms with van der Waals surface area (Å²) in [4.78, 5) is 9.29. The molecule has 0 radical (unpaired) electrons. The molecule has 88 valence electrons. The Morgan fingerprint density at radius 3 is 2.13 bits per heavy atom. The van der Waals surface area contributed by atoms with Crippen LogP contribution >= 0.6 is 0 Å². The maximum Gasteiger partial charge on any atom is 1.00 e. The molecule has 0 spiro atoms. The van der Waals surface area contributed by atoms with Gasteiger partial charge in [-0.2, -0.15) is 0 Å². The molecule has 1 amide bonds. The predicted molar refractivity (Wildman–Crippen MR) is 60.9 cm³/mol. The summed E-state index contributed by atoms with van der Waals surface area (Å²) in [6, 6.07) is 0. The molecule has 2 N–H and O–H groups in total. The van der Waals surface area contributed by atoms with Gasteiger partial charge in [0.25, 0.3) is 0 Å². The first-order chi connectivity index (χ1) is 6.83. The van der Waals surface area contributed by atoms with Crippen molar-refractivity contribution in [3.8, 4) is 0 Å². The van der Waals surface area contributed by atoms with Crippen LogP contribution in [0.25, 0.3) is 0 Å². The first-order valence-electron chi connectivity index (χ1n) is 4.99. The van der Waals surface area contributed by atoms with Crippen LogP contribution in [-0.2, 0) is 9.53 Å². The van der Waals surface area contributed by atoms with Gasteiger partial charge in [-0.1, -0.05) is 13.8 Å². The van der Waals surface area contributed by atoms with Gasteiger partial charge in [-0.3, -0.25) is 11.8 Å². The van der Waals surface area contributed by atoms with E-state index >= 15 is 0 Å². The van der Waals surface area contributed by atoms with E-state index in [0.717, 1.165) is 26.1 Å². The average molecular weight is 244 g/mol. The van der Waals surface area contributed by atoms with Gasteiger partial charge in [0.05, 0.1) is 0 Å². The first kappa shape index (κ1) is 25.0. The summed E-state index contributed by atoms with van der Waals surface area (Å²) < 4.78 is 4.78. The molecule has 0 saturated carbocycles. The van der Waals surface area contributed by atoms with Crippen molar-refractivity contribution in [2.24, 2.45) is 0 Å². The zero-order chi connectivity index (χ0) is 11.7. The SMILES string of the molecule is CC.CCNC=O.[CH2-]NCCCOC.[K+]. The third-order valence-corrected chi connectivity index (χ3v) is 0.989. The molecule has 4 nitrogen and oxygen atoms in total. The van der Waals surface area contributed by atoms with E-state index in [1.807, 2.05) is 20.8 Å². The Kier molecular flexibility index (Phi) is 60.5. The van der Waals surface area contributed by atoms with Crippen LogP contribution in [-0.4, -0.2) is 33.2 Å². The van der Waals surface area contributed by atoms with Gasteiger partial charge in [-0.15, -0.1) is 0 Å². The van der Waals surface area contributed by atoms with E-state index in [2.05, 4.69) is 17.7 Å². The minimum absolute atomic E-state index is 0. The third-order valence-electron chi connectivity index (χ3n) is 0.989. The zero-order valence-electron chi connectivity index (χ0n) is 10.9. The maximum atomic E-state index is 9.29. The quantitative estimate of drug-likeness (QED) is 0.251. The fourth-order valence-corrected chi connectivity index (χ4v) is 0.425. The van der Waals surface area contributed by atoms with Gasteiger partial charge >= 0.3 is 51.4 Å². The molecule has 0 fully saturated rings. The Bertz CT molecular complexity index is 81.8. The van der Waals surface area contributed by atoms with E-state index in [1.54, 1.807) is 7.11 Å². The molecule has 0 rings (SSSR count). The van der Waals surface area contributed by atoms with Crippen molar-refractivity contribution in [3.05, 3.63) is 7.05 Å². The van der Waals surface area contributed by atoms with Crippen LogP contribution in [0.2, 0.25) is 0 Å². The first-order valence-corrected chi connectivity index (χ1v) is 4.99. The van der Waals surface area contributed by atoms with E-state index in [9.17, 15) is 4.79 Å². The molecular weight excluding hydrogens is 219 g/mol. The third kappa shape index (κ3) is 51.6. The minimum Gasteiger partial charge on any atom is -0.473 e. The van der Waals surface area contributed by atoms with E-state index in [-0.39, 0.29) is 51.4 Å². The smallest absolute Gasteiger partial charge is 0.473 e. The Morgan fingerprint density at radius 1 is 1.40 bits per heavy atom. The molecule has 0 saturated heterocycles. The van der Waals surface area contributed by atoms with Gasteiger partial charge in [0, 0.05) is 20.3 Å². The minimum atomic E-state index is 0. The molecule has 15 heavy (non-hydrogen) atoms. The van der Waals surface area contributed by atoms with Crippen LogP contribution in [0.3, 0.4) is 0 Å². The van der Waals surface area contributed by atoms with E-state index in [0.29, 0.717) is 6.41 Å². The number of rotatable bonds is 6. The van der Waals surface area contributed by atoms with Crippen LogP contribution < -0.4 is 62.0 Å².